The summed E-state index contributed by atoms with van der Waals surface area (Å²) in [5.41, 5.74) is 1.79. The van der Waals surface area contributed by atoms with E-state index >= 15 is 0 Å². The Morgan fingerprint density at radius 2 is 1.90 bits per heavy atom. The Labute approximate surface area is 128 Å². The third kappa shape index (κ3) is 4.53. The van der Waals surface area contributed by atoms with Gasteiger partial charge in [-0.05, 0) is 43.7 Å². The standard InChI is InChI=1S/C18H28N2O/c1-20(13-16-5-3-2-4-6-16)15-18(9-11-21-12-10-18)14-19-17-7-8-17/h2-6,17,19H,7-15H2,1H3. The van der Waals surface area contributed by atoms with Crippen molar-refractivity contribution >= 4 is 0 Å². The summed E-state index contributed by atoms with van der Waals surface area (Å²) in [6.07, 6.45) is 5.11. The van der Waals surface area contributed by atoms with E-state index in [4.69, 9.17) is 4.74 Å². The first kappa shape index (κ1) is 15.0. The van der Waals surface area contributed by atoms with Crippen LogP contribution in [0.2, 0.25) is 0 Å². The fourth-order valence-electron chi connectivity index (χ4n) is 3.37. The van der Waals surface area contributed by atoms with Gasteiger partial charge in [0, 0.05) is 38.9 Å². The van der Waals surface area contributed by atoms with Crippen LogP contribution in [-0.2, 0) is 11.3 Å². The van der Waals surface area contributed by atoms with Crippen LogP contribution in [0.1, 0.15) is 31.2 Å². The van der Waals surface area contributed by atoms with Gasteiger partial charge in [0.25, 0.3) is 0 Å². The zero-order chi connectivity index (χ0) is 14.5. The Morgan fingerprint density at radius 3 is 2.57 bits per heavy atom. The van der Waals surface area contributed by atoms with E-state index in [2.05, 4.69) is 47.6 Å². The van der Waals surface area contributed by atoms with Gasteiger partial charge in [0.2, 0.25) is 0 Å². The smallest absolute Gasteiger partial charge is 0.0472 e. The average molecular weight is 288 g/mol. The van der Waals surface area contributed by atoms with Gasteiger partial charge in [0.05, 0.1) is 0 Å². The first-order valence-electron chi connectivity index (χ1n) is 8.29. The molecular weight excluding hydrogens is 260 g/mol. The number of rotatable bonds is 7. The van der Waals surface area contributed by atoms with Crippen molar-refractivity contribution in [2.45, 2.75) is 38.3 Å². The van der Waals surface area contributed by atoms with Crippen LogP contribution in [0.4, 0.5) is 0 Å². The van der Waals surface area contributed by atoms with E-state index in [1.165, 1.54) is 31.2 Å². The van der Waals surface area contributed by atoms with Crippen LogP contribution >= 0.6 is 0 Å². The van der Waals surface area contributed by atoms with E-state index in [0.29, 0.717) is 5.41 Å². The summed E-state index contributed by atoms with van der Waals surface area (Å²) < 4.78 is 5.60. The van der Waals surface area contributed by atoms with Crippen LogP contribution in [-0.4, -0.2) is 44.3 Å². The molecule has 1 aliphatic carbocycles. The average Bonchev–Trinajstić information content (AvgIpc) is 3.31. The molecule has 0 amide bonds. The Balaban J connectivity index is 1.57. The monoisotopic (exact) mass is 288 g/mol. The van der Waals surface area contributed by atoms with Gasteiger partial charge in [-0.2, -0.15) is 0 Å². The summed E-state index contributed by atoms with van der Waals surface area (Å²) in [7, 11) is 2.25. The third-order valence-corrected chi connectivity index (χ3v) is 4.80. The number of hydrogen-bond acceptors (Lipinski definition) is 3. The number of ether oxygens (including phenoxy) is 1. The molecular formula is C18H28N2O. The SMILES string of the molecule is CN(Cc1ccccc1)CC1(CNC2CC2)CCOCC1. The topological polar surface area (TPSA) is 24.5 Å². The lowest BCUT2D eigenvalue weighted by atomic mass is 9.79. The van der Waals surface area contributed by atoms with Crippen molar-refractivity contribution in [2.24, 2.45) is 5.41 Å². The molecule has 3 heteroatoms. The summed E-state index contributed by atoms with van der Waals surface area (Å²) >= 11 is 0. The summed E-state index contributed by atoms with van der Waals surface area (Å²) in [6, 6.07) is 11.6. The highest BCUT2D eigenvalue weighted by Crippen LogP contribution is 2.32. The molecule has 1 saturated carbocycles. The van der Waals surface area contributed by atoms with Crippen molar-refractivity contribution in [3.8, 4) is 0 Å². The van der Waals surface area contributed by atoms with Crippen LogP contribution in [0, 0.1) is 5.41 Å². The van der Waals surface area contributed by atoms with Gasteiger partial charge in [-0.25, -0.2) is 0 Å². The molecule has 1 saturated heterocycles. The largest absolute Gasteiger partial charge is 0.381 e. The van der Waals surface area contributed by atoms with Crippen LogP contribution in [0.5, 0.6) is 0 Å². The van der Waals surface area contributed by atoms with Crippen molar-refractivity contribution in [3.63, 3.8) is 0 Å². The second kappa shape index (κ2) is 6.91. The lowest BCUT2D eigenvalue weighted by Crippen LogP contribution is -2.46. The quantitative estimate of drug-likeness (QED) is 0.835. The van der Waals surface area contributed by atoms with Crippen LogP contribution in [0.3, 0.4) is 0 Å². The number of nitrogens with zero attached hydrogens (tertiary/aromatic N) is 1. The molecule has 3 nitrogen and oxygen atoms in total. The maximum absolute atomic E-state index is 5.60. The predicted octanol–water partition coefficient (Wildman–Crippen LogP) is 2.67. The Bertz CT molecular complexity index is 424. The molecule has 21 heavy (non-hydrogen) atoms. The lowest BCUT2D eigenvalue weighted by Gasteiger charge is -2.40. The zero-order valence-corrected chi connectivity index (χ0v) is 13.2. The predicted molar refractivity (Wildman–Crippen MR) is 86.3 cm³/mol. The van der Waals surface area contributed by atoms with E-state index in [0.717, 1.165) is 38.9 Å². The molecule has 1 heterocycles. The summed E-state index contributed by atoms with van der Waals surface area (Å²) in [4.78, 5) is 2.48. The molecule has 0 atom stereocenters. The first-order valence-corrected chi connectivity index (χ1v) is 8.29. The summed E-state index contributed by atoms with van der Waals surface area (Å²) in [5.74, 6) is 0. The maximum atomic E-state index is 5.60. The number of benzene rings is 1. The molecule has 2 aliphatic rings. The van der Waals surface area contributed by atoms with Crippen LogP contribution < -0.4 is 5.32 Å². The fourth-order valence-corrected chi connectivity index (χ4v) is 3.37. The van der Waals surface area contributed by atoms with Gasteiger partial charge >= 0.3 is 0 Å². The zero-order valence-electron chi connectivity index (χ0n) is 13.2. The molecule has 0 spiro atoms. The first-order chi connectivity index (χ1) is 10.3. The minimum absolute atomic E-state index is 0.393. The van der Waals surface area contributed by atoms with Gasteiger partial charge in [-0.15, -0.1) is 0 Å². The maximum Gasteiger partial charge on any atom is 0.0472 e. The second-order valence-corrected chi connectivity index (χ2v) is 6.93. The Morgan fingerprint density at radius 1 is 1.19 bits per heavy atom. The Hall–Kier alpha value is -0.900. The van der Waals surface area contributed by atoms with E-state index in [-0.39, 0.29) is 0 Å². The number of nitrogens with one attached hydrogen (secondary N) is 1. The molecule has 0 unspecified atom stereocenters. The van der Waals surface area contributed by atoms with Crippen molar-refractivity contribution in [1.29, 1.82) is 0 Å². The molecule has 0 bridgehead atoms. The van der Waals surface area contributed by atoms with Crippen LogP contribution in [0.15, 0.2) is 30.3 Å². The highest BCUT2D eigenvalue weighted by molar-refractivity contribution is 5.14. The minimum Gasteiger partial charge on any atom is -0.381 e. The number of hydrogen-bond donors (Lipinski definition) is 1. The van der Waals surface area contributed by atoms with E-state index in [9.17, 15) is 0 Å². The van der Waals surface area contributed by atoms with Crippen molar-refractivity contribution in [3.05, 3.63) is 35.9 Å². The minimum atomic E-state index is 0.393. The van der Waals surface area contributed by atoms with E-state index < -0.39 is 0 Å². The second-order valence-electron chi connectivity index (χ2n) is 6.93. The van der Waals surface area contributed by atoms with Crippen LogP contribution in [0.25, 0.3) is 0 Å². The van der Waals surface area contributed by atoms with Crippen molar-refractivity contribution in [2.75, 3.05) is 33.4 Å². The molecule has 1 aliphatic heterocycles. The molecule has 1 N–H and O–H groups in total. The molecule has 0 radical (unpaired) electrons. The molecule has 116 valence electrons. The molecule has 3 rings (SSSR count). The Kier molecular flexibility index (Phi) is 4.94. The molecule has 1 aromatic rings. The van der Waals surface area contributed by atoms with Gasteiger partial charge < -0.3 is 15.0 Å². The third-order valence-electron chi connectivity index (χ3n) is 4.80. The molecule has 1 aromatic carbocycles. The highest BCUT2D eigenvalue weighted by atomic mass is 16.5. The highest BCUT2D eigenvalue weighted by Gasteiger charge is 2.35. The summed E-state index contributed by atoms with van der Waals surface area (Å²) in [5, 5.41) is 3.75. The van der Waals surface area contributed by atoms with E-state index in [1.54, 1.807) is 0 Å². The van der Waals surface area contributed by atoms with Gasteiger partial charge in [0.1, 0.15) is 0 Å². The van der Waals surface area contributed by atoms with Gasteiger partial charge in [-0.3, -0.25) is 0 Å². The summed E-state index contributed by atoms with van der Waals surface area (Å²) in [6.45, 7) is 5.19. The molecule has 2 fully saturated rings. The molecule has 0 aromatic heterocycles. The van der Waals surface area contributed by atoms with Crippen molar-refractivity contribution in [1.82, 2.24) is 10.2 Å². The van der Waals surface area contributed by atoms with Gasteiger partial charge in [-0.1, -0.05) is 30.3 Å². The van der Waals surface area contributed by atoms with E-state index in [1.807, 2.05) is 0 Å². The van der Waals surface area contributed by atoms with Crippen molar-refractivity contribution < 1.29 is 4.74 Å². The normalized spacial score (nSPS) is 21.6. The lowest BCUT2D eigenvalue weighted by molar-refractivity contribution is -0.00182. The fraction of sp³-hybridized carbons (Fsp3) is 0.667. The van der Waals surface area contributed by atoms with Gasteiger partial charge in [0.15, 0.2) is 0 Å².